The first-order chi connectivity index (χ1) is 8.27. The topological polar surface area (TPSA) is 9.23 Å². The van der Waals surface area contributed by atoms with Crippen molar-refractivity contribution in [2.75, 3.05) is 11.9 Å². The fraction of sp³-hybridized carbons (Fsp3) is 0.600. The Morgan fingerprint density at radius 3 is 2.65 bits per heavy atom. The molecule has 1 aromatic carbocycles. The molecule has 2 heteroatoms. The quantitative estimate of drug-likeness (QED) is 0.535. The maximum Gasteiger partial charge on any atom is 0.0716 e. The summed E-state index contributed by atoms with van der Waals surface area (Å²) in [4.78, 5) is 0. The largest absolute Gasteiger partial charge is 0.377 e. The van der Waals surface area contributed by atoms with E-state index < -0.39 is 0 Å². The van der Waals surface area contributed by atoms with E-state index in [1.165, 1.54) is 24.8 Å². The van der Waals surface area contributed by atoms with Gasteiger partial charge in [0, 0.05) is 11.9 Å². The Bertz CT molecular complexity index is 334. The molecule has 0 bridgehead atoms. The van der Waals surface area contributed by atoms with E-state index in [0.29, 0.717) is 5.41 Å². The summed E-state index contributed by atoms with van der Waals surface area (Å²) in [6.45, 7) is 3.99. The molecule has 0 saturated heterocycles. The molecule has 2 unspecified atom stereocenters. The highest BCUT2D eigenvalue weighted by molar-refractivity contribution is 9.09. The Morgan fingerprint density at radius 1 is 1.35 bits per heavy atom. The van der Waals surface area contributed by atoms with Gasteiger partial charge >= 0.3 is 0 Å². The third kappa shape index (κ3) is 3.56. The second kappa shape index (κ2) is 6.01. The molecule has 1 aliphatic rings. The van der Waals surface area contributed by atoms with Crippen LogP contribution >= 0.6 is 15.9 Å². The summed E-state index contributed by atoms with van der Waals surface area (Å²) in [7, 11) is 0. The van der Waals surface area contributed by atoms with Gasteiger partial charge < -0.3 is 4.74 Å². The average molecular weight is 297 g/mol. The molecule has 17 heavy (non-hydrogen) atoms. The van der Waals surface area contributed by atoms with Crippen molar-refractivity contribution < 1.29 is 4.74 Å². The number of hydrogen-bond acceptors (Lipinski definition) is 1. The summed E-state index contributed by atoms with van der Waals surface area (Å²) >= 11 is 3.64. The summed E-state index contributed by atoms with van der Waals surface area (Å²) in [5.41, 5.74) is 1.86. The molecule has 0 amide bonds. The van der Waals surface area contributed by atoms with Crippen LogP contribution < -0.4 is 0 Å². The van der Waals surface area contributed by atoms with E-state index in [0.717, 1.165) is 24.5 Å². The van der Waals surface area contributed by atoms with Crippen LogP contribution in [0.5, 0.6) is 0 Å². The molecule has 94 valence electrons. The minimum Gasteiger partial charge on any atom is -0.377 e. The fourth-order valence-corrected chi connectivity index (χ4v) is 3.50. The molecule has 1 saturated carbocycles. The van der Waals surface area contributed by atoms with E-state index in [1.54, 1.807) is 0 Å². The summed E-state index contributed by atoms with van der Waals surface area (Å²) in [6, 6.07) is 10.4. The molecular formula is C15H21BrO. The summed E-state index contributed by atoms with van der Waals surface area (Å²) in [5, 5.41) is 1.15. The smallest absolute Gasteiger partial charge is 0.0716 e. The van der Waals surface area contributed by atoms with Crippen LogP contribution in [0.25, 0.3) is 0 Å². The molecule has 2 rings (SSSR count). The van der Waals surface area contributed by atoms with E-state index in [-0.39, 0.29) is 0 Å². The first kappa shape index (κ1) is 13.1. The Morgan fingerprint density at radius 2 is 2.06 bits per heavy atom. The van der Waals surface area contributed by atoms with Gasteiger partial charge in [-0.1, -0.05) is 53.2 Å². The molecule has 0 radical (unpaired) electrons. The number of hydrogen-bond donors (Lipinski definition) is 0. The van der Waals surface area contributed by atoms with Gasteiger partial charge in [0.05, 0.1) is 6.61 Å². The Kier molecular flexibility index (Phi) is 4.63. The lowest BCUT2D eigenvalue weighted by molar-refractivity contribution is 0.113. The van der Waals surface area contributed by atoms with Crippen molar-refractivity contribution in [3.05, 3.63) is 35.9 Å². The SMILES string of the molecule is CC1CC1(CBr)CCCOCc1ccccc1. The predicted molar refractivity (Wildman–Crippen MR) is 75.3 cm³/mol. The van der Waals surface area contributed by atoms with Crippen LogP contribution in [0.4, 0.5) is 0 Å². The number of halogens is 1. The lowest BCUT2D eigenvalue weighted by Crippen LogP contribution is -2.07. The van der Waals surface area contributed by atoms with Gasteiger partial charge in [-0.05, 0) is 36.2 Å². The zero-order valence-corrected chi connectivity index (χ0v) is 12.1. The summed E-state index contributed by atoms with van der Waals surface area (Å²) in [5.74, 6) is 0.899. The molecule has 1 aromatic rings. The maximum absolute atomic E-state index is 5.71. The summed E-state index contributed by atoms with van der Waals surface area (Å²) < 4.78 is 5.71. The van der Waals surface area contributed by atoms with Gasteiger partial charge in [0.25, 0.3) is 0 Å². The molecule has 0 aliphatic heterocycles. The highest BCUT2D eigenvalue weighted by atomic mass is 79.9. The fourth-order valence-electron chi connectivity index (χ4n) is 2.44. The van der Waals surface area contributed by atoms with Gasteiger partial charge in [0.1, 0.15) is 0 Å². The van der Waals surface area contributed by atoms with E-state index in [4.69, 9.17) is 4.74 Å². The van der Waals surface area contributed by atoms with Gasteiger partial charge in [-0.2, -0.15) is 0 Å². The first-order valence-corrected chi connectivity index (χ1v) is 7.57. The third-order valence-electron chi connectivity index (χ3n) is 3.94. The van der Waals surface area contributed by atoms with Gasteiger partial charge in [-0.3, -0.25) is 0 Å². The molecular weight excluding hydrogens is 276 g/mol. The van der Waals surface area contributed by atoms with Crippen LogP contribution in [-0.2, 0) is 11.3 Å². The van der Waals surface area contributed by atoms with E-state index in [1.807, 2.05) is 6.07 Å². The lowest BCUT2D eigenvalue weighted by atomic mass is 10.0. The van der Waals surface area contributed by atoms with Crippen LogP contribution in [0.2, 0.25) is 0 Å². The molecule has 0 N–H and O–H groups in total. The minimum atomic E-state index is 0.593. The van der Waals surface area contributed by atoms with Crippen molar-refractivity contribution in [2.24, 2.45) is 11.3 Å². The second-order valence-corrected chi connectivity index (χ2v) is 5.80. The van der Waals surface area contributed by atoms with Crippen molar-refractivity contribution in [3.63, 3.8) is 0 Å². The molecule has 0 aromatic heterocycles. The van der Waals surface area contributed by atoms with Gasteiger partial charge in [-0.15, -0.1) is 0 Å². The molecule has 0 spiro atoms. The van der Waals surface area contributed by atoms with Crippen LogP contribution in [0.1, 0.15) is 31.7 Å². The number of ether oxygens (including phenoxy) is 1. The highest BCUT2D eigenvalue weighted by Gasteiger charge is 2.48. The normalized spacial score (nSPS) is 27.1. The van der Waals surface area contributed by atoms with E-state index in [9.17, 15) is 0 Å². The number of benzene rings is 1. The zero-order valence-electron chi connectivity index (χ0n) is 10.5. The number of rotatable bonds is 7. The van der Waals surface area contributed by atoms with Crippen molar-refractivity contribution >= 4 is 15.9 Å². The summed E-state index contributed by atoms with van der Waals surface area (Å²) in [6.07, 6.45) is 3.87. The van der Waals surface area contributed by atoms with Crippen LogP contribution in [0.15, 0.2) is 30.3 Å². The van der Waals surface area contributed by atoms with Gasteiger partial charge in [0.2, 0.25) is 0 Å². The van der Waals surface area contributed by atoms with E-state index >= 15 is 0 Å². The molecule has 1 fully saturated rings. The Balaban J connectivity index is 1.58. The first-order valence-electron chi connectivity index (χ1n) is 6.44. The Hall–Kier alpha value is -0.340. The van der Waals surface area contributed by atoms with Crippen molar-refractivity contribution in [1.29, 1.82) is 0 Å². The predicted octanol–water partition coefficient (Wildman–Crippen LogP) is 4.40. The monoisotopic (exact) mass is 296 g/mol. The zero-order chi connectivity index (χ0) is 12.1. The molecule has 1 aliphatic carbocycles. The van der Waals surface area contributed by atoms with Crippen LogP contribution in [-0.4, -0.2) is 11.9 Å². The van der Waals surface area contributed by atoms with Crippen LogP contribution in [0.3, 0.4) is 0 Å². The number of alkyl halides is 1. The maximum atomic E-state index is 5.71. The van der Waals surface area contributed by atoms with Gasteiger partial charge in [0.15, 0.2) is 0 Å². The van der Waals surface area contributed by atoms with Gasteiger partial charge in [-0.25, -0.2) is 0 Å². The standard InChI is InChI=1S/C15H21BrO/c1-13-10-15(13,12-16)8-5-9-17-11-14-6-3-2-4-7-14/h2-4,6-7,13H,5,8-12H2,1H3. The second-order valence-electron chi connectivity index (χ2n) is 5.24. The van der Waals surface area contributed by atoms with Crippen LogP contribution in [0, 0.1) is 11.3 Å². The molecule has 1 nitrogen and oxygen atoms in total. The highest BCUT2D eigenvalue weighted by Crippen LogP contribution is 2.56. The van der Waals surface area contributed by atoms with Crippen molar-refractivity contribution in [1.82, 2.24) is 0 Å². The third-order valence-corrected chi connectivity index (χ3v) is 5.06. The van der Waals surface area contributed by atoms with Crippen molar-refractivity contribution in [2.45, 2.75) is 32.8 Å². The molecule has 2 atom stereocenters. The average Bonchev–Trinajstić information content (AvgIpc) is 3.01. The molecule has 0 heterocycles. The lowest BCUT2D eigenvalue weighted by Gasteiger charge is -2.12. The minimum absolute atomic E-state index is 0.593. The Labute approximate surface area is 113 Å². The van der Waals surface area contributed by atoms with E-state index in [2.05, 4.69) is 47.1 Å². The van der Waals surface area contributed by atoms with Crippen molar-refractivity contribution in [3.8, 4) is 0 Å².